The number of nitrogens with one attached hydrogen (secondary N) is 2. The van der Waals surface area contributed by atoms with Gasteiger partial charge in [-0.1, -0.05) is 6.92 Å². The van der Waals surface area contributed by atoms with Gasteiger partial charge in [-0.05, 0) is 38.1 Å². The van der Waals surface area contributed by atoms with Crippen molar-refractivity contribution in [3.8, 4) is 0 Å². The minimum Gasteiger partial charge on any atom is -0.480 e. The summed E-state index contributed by atoms with van der Waals surface area (Å²) in [7, 11) is 0. The number of hydrogen-bond acceptors (Lipinski definition) is 4. The van der Waals surface area contributed by atoms with Crippen LogP contribution in [0, 0.1) is 5.92 Å². The fourth-order valence-corrected chi connectivity index (χ4v) is 2.65. The Morgan fingerprint density at radius 3 is 2.55 bits per heavy atom. The molecule has 1 heterocycles. The molecule has 0 aromatic heterocycles. The lowest BCUT2D eigenvalue weighted by atomic mass is 9.91. The number of amides is 3. The molecule has 3 amide bonds. The number of imide groups is 1. The molecule has 7 heteroatoms. The first-order valence-corrected chi connectivity index (χ1v) is 7.04. The van der Waals surface area contributed by atoms with Crippen LogP contribution >= 0.6 is 0 Å². The van der Waals surface area contributed by atoms with Crippen molar-refractivity contribution in [3.05, 3.63) is 0 Å². The summed E-state index contributed by atoms with van der Waals surface area (Å²) in [4.78, 5) is 36.2. The minimum atomic E-state index is -0.910. The smallest absolute Gasteiger partial charge is 0.321 e. The highest BCUT2D eigenvalue weighted by Crippen LogP contribution is 2.23. The van der Waals surface area contributed by atoms with E-state index in [0.29, 0.717) is 6.54 Å². The van der Waals surface area contributed by atoms with Crippen molar-refractivity contribution >= 4 is 17.9 Å². The van der Waals surface area contributed by atoms with Crippen LogP contribution in [0.1, 0.15) is 32.6 Å². The summed E-state index contributed by atoms with van der Waals surface area (Å²) in [5.41, 5.74) is 0. The third-order valence-electron chi connectivity index (χ3n) is 3.80. The number of hydrogen-bond donors (Lipinski definition) is 3. The van der Waals surface area contributed by atoms with Gasteiger partial charge in [0, 0.05) is 6.04 Å². The predicted octanol–water partition coefficient (Wildman–Crippen LogP) is 0.160. The molecule has 112 valence electrons. The maximum Gasteiger partial charge on any atom is 0.321 e. The van der Waals surface area contributed by atoms with Gasteiger partial charge >= 0.3 is 12.0 Å². The van der Waals surface area contributed by atoms with Crippen LogP contribution in [0.15, 0.2) is 0 Å². The van der Waals surface area contributed by atoms with Gasteiger partial charge in [0.15, 0.2) is 0 Å². The van der Waals surface area contributed by atoms with E-state index in [1.54, 1.807) is 4.90 Å². The van der Waals surface area contributed by atoms with E-state index in [0.717, 1.165) is 25.7 Å². The van der Waals surface area contributed by atoms with Crippen LogP contribution in [0.3, 0.4) is 0 Å². The number of carbonyl (C=O) groups excluding carboxylic acids is 2. The first-order chi connectivity index (χ1) is 9.47. The Kier molecular flexibility index (Phi) is 4.59. The van der Waals surface area contributed by atoms with Gasteiger partial charge in [-0.15, -0.1) is 0 Å². The first-order valence-electron chi connectivity index (χ1n) is 7.04. The normalized spacial score (nSPS) is 26.9. The maximum atomic E-state index is 11.8. The molecule has 2 rings (SSSR count). The van der Waals surface area contributed by atoms with Crippen molar-refractivity contribution in [1.29, 1.82) is 0 Å². The molecule has 1 saturated carbocycles. The highest BCUT2D eigenvalue weighted by molar-refractivity contribution is 5.95. The van der Waals surface area contributed by atoms with Gasteiger partial charge in [-0.25, -0.2) is 4.79 Å². The maximum absolute atomic E-state index is 11.8. The average molecular weight is 283 g/mol. The molecule has 1 aliphatic carbocycles. The van der Waals surface area contributed by atoms with E-state index in [1.165, 1.54) is 0 Å². The molecule has 0 bridgehead atoms. The summed E-state index contributed by atoms with van der Waals surface area (Å²) in [5, 5.41) is 14.2. The predicted molar refractivity (Wildman–Crippen MR) is 71.1 cm³/mol. The van der Waals surface area contributed by atoms with Crippen LogP contribution in [0.2, 0.25) is 0 Å². The van der Waals surface area contributed by atoms with Crippen molar-refractivity contribution in [1.82, 2.24) is 15.5 Å². The molecule has 0 radical (unpaired) electrons. The lowest BCUT2D eigenvalue weighted by Crippen LogP contribution is -2.53. The average Bonchev–Trinajstić information content (AvgIpc) is 3.11. The minimum absolute atomic E-state index is 0.00865. The zero-order valence-electron chi connectivity index (χ0n) is 11.6. The van der Waals surface area contributed by atoms with E-state index in [1.807, 2.05) is 6.92 Å². The second kappa shape index (κ2) is 6.21. The number of carboxylic acid groups (broad SMARTS) is 1. The SMILES string of the molecule is CC1CCCN(CC(=O)NC(=O)NC2CC2)C1C(=O)O. The van der Waals surface area contributed by atoms with Gasteiger partial charge in [-0.2, -0.15) is 0 Å². The molecule has 0 spiro atoms. The number of likely N-dealkylation sites (tertiary alicyclic amines) is 1. The standard InChI is InChI=1S/C13H21N3O4/c1-8-3-2-6-16(11(8)12(18)19)7-10(17)15-13(20)14-9-4-5-9/h8-9,11H,2-7H2,1H3,(H,18,19)(H2,14,15,17,20). The van der Waals surface area contributed by atoms with E-state index in [2.05, 4.69) is 10.6 Å². The van der Waals surface area contributed by atoms with E-state index in [9.17, 15) is 19.5 Å². The number of carbonyl (C=O) groups is 3. The molecule has 0 aromatic carbocycles. The van der Waals surface area contributed by atoms with Crippen molar-refractivity contribution in [2.75, 3.05) is 13.1 Å². The lowest BCUT2D eigenvalue weighted by Gasteiger charge is -2.36. The monoisotopic (exact) mass is 283 g/mol. The number of carboxylic acids is 1. The number of rotatable bonds is 4. The molecule has 7 nitrogen and oxygen atoms in total. The van der Waals surface area contributed by atoms with Gasteiger partial charge in [0.1, 0.15) is 6.04 Å². The summed E-state index contributed by atoms with van der Waals surface area (Å²) in [6.45, 7) is 2.39. The second-order valence-corrected chi connectivity index (χ2v) is 5.67. The molecule has 20 heavy (non-hydrogen) atoms. The van der Waals surface area contributed by atoms with Crippen molar-refractivity contribution in [2.24, 2.45) is 5.92 Å². The molecule has 2 aliphatic rings. The van der Waals surface area contributed by atoms with Gasteiger partial charge in [-0.3, -0.25) is 19.8 Å². The molecular weight excluding hydrogens is 262 g/mol. The summed E-state index contributed by atoms with van der Waals surface area (Å²) in [6, 6.07) is -0.958. The molecule has 2 atom stereocenters. The first kappa shape index (κ1) is 14.8. The fourth-order valence-electron chi connectivity index (χ4n) is 2.65. The van der Waals surface area contributed by atoms with Crippen LogP contribution in [0.25, 0.3) is 0 Å². The molecule has 2 unspecified atom stereocenters. The molecule has 1 saturated heterocycles. The highest BCUT2D eigenvalue weighted by Gasteiger charge is 2.35. The summed E-state index contributed by atoms with van der Waals surface area (Å²) >= 11 is 0. The van der Waals surface area contributed by atoms with E-state index < -0.39 is 23.9 Å². The van der Waals surface area contributed by atoms with Crippen LogP contribution < -0.4 is 10.6 Å². The van der Waals surface area contributed by atoms with Gasteiger partial charge in [0.2, 0.25) is 5.91 Å². The number of urea groups is 1. The third kappa shape index (κ3) is 3.93. The summed E-state index contributed by atoms with van der Waals surface area (Å²) in [5.74, 6) is -1.36. The Hall–Kier alpha value is -1.63. The van der Waals surface area contributed by atoms with Crippen molar-refractivity contribution in [2.45, 2.75) is 44.7 Å². The third-order valence-corrected chi connectivity index (χ3v) is 3.80. The summed E-state index contributed by atoms with van der Waals surface area (Å²) in [6.07, 6.45) is 3.61. The van der Waals surface area contributed by atoms with Crippen molar-refractivity contribution < 1.29 is 19.5 Å². The number of piperidine rings is 1. The Morgan fingerprint density at radius 2 is 1.95 bits per heavy atom. The zero-order chi connectivity index (χ0) is 14.7. The van der Waals surface area contributed by atoms with Gasteiger partial charge in [0.25, 0.3) is 0 Å². The van der Waals surface area contributed by atoms with Crippen LogP contribution in [-0.2, 0) is 9.59 Å². The van der Waals surface area contributed by atoms with Crippen LogP contribution in [-0.4, -0.2) is 53.1 Å². The van der Waals surface area contributed by atoms with Crippen LogP contribution in [0.4, 0.5) is 4.79 Å². The molecule has 3 N–H and O–H groups in total. The highest BCUT2D eigenvalue weighted by atomic mass is 16.4. The second-order valence-electron chi connectivity index (χ2n) is 5.67. The molecule has 1 aliphatic heterocycles. The fraction of sp³-hybridized carbons (Fsp3) is 0.769. The van der Waals surface area contributed by atoms with Gasteiger partial charge in [0.05, 0.1) is 6.54 Å². The molecule has 0 aromatic rings. The summed E-state index contributed by atoms with van der Waals surface area (Å²) < 4.78 is 0. The van der Waals surface area contributed by atoms with Crippen LogP contribution in [0.5, 0.6) is 0 Å². The van der Waals surface area contributed by atoms with E-state index in [4.69, 9.17) is 0 Å². The largest absolute Gasteiger partial charge is 0.480 e. The zero-order valence-corrected chi connectivity index (χ0v) is 11.6. The molecule has 2 fully saturated rings. The van der Waals surface area contributed by atoms with E-state index in [-0.39, 0.29) is 18.5 Å². The van der Waals surface area contributed by atoms with Gasteiger partial charge < -0.3 is 10.4 Å². The Labute approximate surface area is 117 Å². The van der Waals surface area contributed by atoms with E-state index >= 15 is 0 Å². The quantitative estimate of drug-likeness (QED) is 0.682. The Balaban J connectivity index is 1.84. The number of aliphatic carboxylic acids is 1. The topological polar surface area (TPSA) is 98.7 Å². The Morgan fingerprint density at radius 1 is 1.25 bits per heavy atom. The Bertz CT molecular complexity index is 408. The van der Waals surface area contributed by atoms with Crippen molar-refractivity contribution in [3.63, 3.8) is 0 Å². The lowest BCUT2D eigenvalue weighted by molar-refractivity contribution is -0.147. The molecular formula is C13H21N3O4. The number of nitrogens with zero attached hydrogens (tertiary/aromatic N) is 1.